The van der Waals surface area contributed by atoms with E-state index in [2.05, 4.69) is 27.8 Å². The van der Waals surface area contributed by atoms with Crippen LogP contribution >= 0.6 is 12.6 Å². The first-order valence-corrected chi connectivity index (χ1v) is 7.13. The summed E-state index contributed by atoms with van der Waals surface area (Å²) in [5.74, 6) is -0.648. The number of aromatic nitrogens is 2. The molecule has 2 aromatic rings. The molecule has 1 N–H and O–H groups in total. The van der Waals surface area contributed by atoms with Gasteiger partial charge in [0.25, 0.3) is 0 Å². The molecule has 0 saturated heterocycles. The van der Waals surface area contributed by atoms with E-state index in [4.69, 9.17) is 0 Å². The number of hydrogen-bond donors (Lipinski definition) is 2. The number of benzene rings is 1. The zero-order valence-electron chi connectivity index (χ0n) is 12.4. The van der Waals surface area contributed by atoms with Gasteiger partial charge in [-0.2, -0.15) is 13.9 Å². The third kappa shape index (κ3) is 4.19. The van der Waals surface area contributed by atoms with E-state index < -0.39 is 17.8 Å². The van der Waals surface area contributed by atoms with Crippen molar-refractivity contribution in [3.63, 3.8) is 0 Å². The molecule has 0 saturated carbocycles. The van der Waals surface area contributed by atoms with Gasteiger partial charge in [0.05, 0.1) is 10.6 Å². The van der Waals surface area contributed by atoms with Crippen LogP contribution in [0.2, 0.25) is 0 Å². The molecule has 0 amide bonds. The van der Waals surface area contributed by atoms with Crippen LogP contribution in [0.4, 0.5) is 8.78 Å². The van der Waals surface area contributed by atoms with E-state index in [0.717, 1.165) is 0 Å². The molecule has 0 spiro atoms. The van der Waals surface area contributed by atoms with Crippen LogP contribution in [-0.2, 0) is 0 Å². The van der Waals surface area contributed by atoms with Gasteiger partial charge in [-0.05, 0) is 24.3 Å². The molecule has 126 valence electrons. The van der Waals surface area contributed by atoms with E-state index in [9.17, 15) is 18.4 Å². The Balaban J connectivity index is 2.36. The van der Waals surface area contributed by atoms with Crippen molar-refractivity contribution in [3.05, 3.63) is 63.6 Å². The number of ketones is 1. The van der Waals surface area contributed by atoms with Gasteiger partial charge in [0.2, 0.25) is 11.2 Å². The SMILES string of the molecule is CN/C=C(\S)C(=O)c1nn(-c2ccc(OC(F)F)cc2)ccc1=O. The Morgan fingerprint density at radius 1 is 1.33 bits per heavy atom. The van der Waals surface area contributed by atoms with Crippen molar-refractivity contribution in [1.82, 2.24) is 15.1 Å². The minimum absolute atomic E-state index is 0.0132. The lowest BCUT2D eigenvalue weighted by Crippen LogP contribution is -2.21. The highest BCUT2D eigenvalue weighted by Gasteiger charge is 2.16. The Morgan fingerprint density at radius 2 is 2.00 bits per heavy atom. The van der Waals surface area contributed by atoms with E-state index in [1.165, 1.54) is 47.4 Å². The summed E-state index contributed by atoms with van der Waals surface area (Å²) >= 11 is 4.00. The number of Topliss-reactive ketones (excluding diaryl/α,β-unsaturated/α-hetero) is 1. The second-order valence-electron chi connectivity index (χ2n) is 4.49. The minimum Gasteiger partial charge on any atom is -0.435 e. The lowest BCUT2D eigenvalue weighted by Gasteiger charge is -2.09. The molecular formula is C15H13F2N3O3S. The largest absolute Gasteiger partial charge is 0.435 e. The van der Waals surface area contributed by atoms with Crippen molar-refractivity contribution in [2.45, 2.75) is 6.61 Å². The highest BCUT2D eigenvalue weighted by Crippen LogP contribution is 2.17. The van der Waals surface area contributed by atoms with Crippen LogP contribution in [0.1, 0.15) is 10.5 Å². The number of nitrogens with one attached hydrogen (secondary N) is 1. The average molecular weight is 353 g/mol. The van der Waals surface area contributed by atoms with Gasteiger partial charge in [0.1, 0.15) is 5.75 Å². The fourth-order valence-electron chi connectivity index (χ4n) is 1.81. The molecule has 2 rings (SSSR count). The third-order valence-corrected chi connectivity index (χ3v) is 3.20. The molecule has 0 bridgehead atoms. The summed E-state index contributed by atoms with van der Waals surface area (Å²) in [5.41, 5.74) is -0.393. The molecule has 0 aliphatic heterocycles. The number of thiol groups is 1. The Morgan fingerprint density at radius 3 is 2.58 bits per heavy atom. The monoisotopic (exact) mass is 353 g/mol. The van der Waals surface area contributed by atoms with E-state index in [0.29, 0.717) is 5.69 Å². The van der Waals surface area contributed by atoms with Crippen LogP contribution in [0.15, 0.2) is 52.4 Å². The highest BCUT2D eigenvalue weighted by molar-refractivity contribution is 7.85. The van der Waals surface area contributed by atoms with Crippen LogP contribution < -0.4 is 15.5 Å². The maximum atomic E-state index is 12.2. The number of carbonyl (C=O) groups is 1. The number of ether oxygens (including phenoxy) is 1. The second kappa shape index (κ2) is 7.73. The van der Waals surface area contributed by atoms with E-state index in [1.54, 1.807) is 7.05 Å². The number of hydrogen-bond acceptors (Lipinski definition) is 6. The molecule has 6 nitrogen and oxygen atoms in total. The van der Waals surface area contributed by atoms with Crippen molar-refractivity contribution in [1.29, 1.82) is 0 Å². The topological polar surface area (TPSA) is 73.2 Å². The number of nitrogens with zero attached hydrogens (tertiary/aromatic N) is 2. The Hall–Kier alpha value is -2.68. The van der Waals surface area contributed by atoms with Crippen molar-refractivity contribution < 1.29 is 18.3 Å². The molecule has 0 aliphatic rings. The van der Waals surface area contributed by atoms with Crippen molar-refractivity contribution in [3.8, 4) is 11.4 Å². The summed E-state index contributed by atoms with van der Waals surface area (Å²) in [4.78, 5) is 24.0. The van der Waals surface area contributed by atoms with Gasteiger partial charge < -0.3 is 10.1 Å². The quantitative estimate of drug-likeness (QED) is 0.472. The molecular weight excluding hydrogens is 340 g/mol. The number of alkyl halides is 2. The van der Waals surface area contributed by atoms with Crippen LogP contribution in [-0.4, -0.2) is 29.2 Å². The van der Waals surface area contributed by atoms with Gasteiger partial charge in [-0.3, -0.25) is 9.59 Å². The number of carbonyl (C=O) groups excluding carboxylic acids is 1. The molecule has 0 atom stereocenters. The zero-order valence-corrected chi connectivity index (χ0v) is 13.3. The molecule has 9 heteroatoms. The van der Waals surface area contributed by atoms with Crippen molar-refractivity contribution >= 4 is 18.4 Å². The molecule has 1 aromatic heterocycles. The molecule has 0 fully saturated rings. The van der Waals surface area contributed by atoms with E-state index >= 15 is 0 Å². The summed E-state index contributed by atoms with van der Waals surface area (Å²) in [6.07, 6.45) is 2.70. The molecule has 0 radical (unpaired) electrons. The van der Waals surface area contributed by atoms with E-state index in [-0.39, 0.29) is 16.3 Å². The summed E-state index contributed by atoms with van der Waals surface area (Å²) in [5, 5.41) is 6.62. The number of halogens is 2. The fourth-order valence-corrected chi connectivity index (χ4v) is 2.05. The normalized spacial score (nSPS) is 11.5. The second-order valence-corrected chi connectivity index (χ2v) is 4.97. The van der Waals surface area contributed by atoms with Crippen LogP contribution in [0.3, 0.4) is 0 Å². The number of allylic oxidation sites excluding steroid dienone is 1. The first-order valence-electron chi connectivity index (χ1n) is 6.68. The first-order chi connectivity index (χ1) is 11.4. The van der Waals surface area contributed by atoms with Crippen molar-refractivity contribution in [2.24, 2.45) is 0 Å². The van der Waals surface area contributed by atoms with Gasteiger partial charge >= 0.3 is 6.61 Å². The Bertz CT molecular complexity index is 819. The van der Waals surface area contributed by atoms with Crippen LogP contribution in [0.25, 0.3) is 5.69 Å². The molecule has 24 heavy (non-hydrogen) atoms. The third-order valence-electron chi connectivity index (χ3n) is 2.86. The summed E-state index contributed by atoms with van der Waals surface area (Å²) in [7, 11) is 1.59. The Kier molecular flexibility index (Phi) is 5.69. The van der Waals surface area contributed by atoms with Gasteiger partial charge in [0.15, 0.2) is 5.69 Å². The lowest BCUT2D eigenvalue weighted by molar-refractivity contribution is -0.0498. The van der Waals surface area contributed by atoms with Crippen LogP contribution in [0, 0.1) is 0 Å². The number of rotatable bonds is 6. The van der Waals surface area contributed by atoms with Crippen molar-refractivity contribution in [2.75, 3.05) is 7.05 Å². The molecule has 0 aliphatic carbocycles. The predicted molar refractivity (Wildman–Crippen MR) is 86.9 cm³/mol. The van der Waals surface area contributed by atoms with Gasteiger partial charge in [-0.15, -0.1) is 12.6 Å². The Labute approximate surface area is 141 Å². The maximum absolute atomic E-state index is 12.2. The summed E-state index contributed by atoms with van der Waals surface area (Å²) in [6, 6.07) is 6.77. The maximum Gasteiger partial charge on any atom is 0.387 e. The standard InChI is InChI=1S/C15H13F2N3O3S/c1-18-8-12(24)14(22)13-11(21)6-7-20(19-13)9-2-4-10(5-3-9)23-15(16)17/h2-8,15,18,24H,1H3/b12-8-. The minimum atomic E-state index is -2.92. The lowest BCUT2D eigenvalue weighted by atomic mass is 10.2. The van der Waals surface area contributed by atoms with E-state index in [1.807, 2.05) is 0 Å². The summed E-state index contributed by atoms with van der Waals surface area (Å²) < 4.78 is 29.8. The molecule has 1 heterocycles. The van der Waals surface area contributed by atoms with Gasteiger partial charge in [-0.1, -0.05) is 0 Å². The highest BCUT2D eigenvalue weighted by atomic mass is 32.1. The summed E-state index contributed by atoms with van der Waals surface area (Å²) in [6.45, 7) is -2.92. The van der Waals surface area contributed by atoms with Gasteiger partial charge in [-0.25, -0.2) is 4.68 Å². The zero-order chi connectivity index (χ0) is 17.7. The van der Waals surface area contributed by atoms with Gasteiger partial charge in [0, 0.05) is 25.5 Å². The first kappa shape index (κ1) is 17.7. The fraction of sp³-hybridized carbons (Fsp3) is 0.133. The van der Waals surface area contributed by atoms with Crippen LogP contribution in [0.5, 0.6) is 5.75 Å². The molecule has 1 aromatic carbocycles. The predicted octanol–water partition coefficient (Wildman–Crippen LogP) is 2.01. The average Bonchev–Trinajstić information content (AvgIpc) is 2.55. The smallest absolute Gasteiger partial charge is 0.387 e. The molecule has 0 unspecified atom stereocenters.